The van der Waals surface area contributed by atoms with Gasteiger partial charge in [0.05, 0.1) is 17.1 Å². The second-order valence-electron chi connectivity index (χ2n) is 5.06. The van der Waals surface area contributed by atoms with Gasteiger partial charge in [-0.3, -0.25) is 0 Å². The van der Waals surface area contributed by atoms with Crippen molar-refractivity contribution in [1.29, 1.82) is 5.26 Å². The van der Waals surface area contributed by atoms with Crippen molar-refractivity contribution in [3.8, 4) is 6.07 Å². The topological polar surface area (TPSA) is 64.5 Å². The van der Waals surface area contributed by atoms with Gasteiger partial charge in [-0.2, -0.15) is 5.26 Å². The van der Waals surface area contributed by atoms with Gasteiger partial charge in [0, 0.05) is 5.75 Å². The van der Waals surface area contributed by atoms with Crippen LogP contribution in [0.15, 0.2) is 29.4 Å². The Kier molecular flexibility index (Phi) is 5.05. The molecule has 1 atom stereocenters. The highest BCUT2D eigenvalue weighted by Crippen LogP contribution is 2.21. The van der Waals surface area contributed by atoms with Crippen molar-refractivity contribution >= 4 is 22.8 Å². The maximum absolute atomic E-state index is 9.07. The smallest absolute Gasteiger partial charge is 0.166 e. The number of fused-ring (bicyclic) bond motifs is 1. The van der Waals surface area contributed by atoms with E-state index in [-0.39, 0.29) is 0 Å². The average molecular weight is 288 g/mol. The van der Waals surface area contributed by atoms with Crippen LogP contribution in [0.3, 0.4) is 0 Å². The van der Waals surface area contributed by atoms with Crippen molar-refractivity contribution in [1.82, 2.24) is 15.3 Å². The van der Waals surface area contributed by atoms with Crippen LogP contribution in [0.5, 0.6) is 0 Å². The first-order valence-electron chi connectivity index (χ1n) is 6.84. The Morgan fingerprint density at radius 2 is 2.20 bits per heavy atom. The summed E-state index contributed by atoms with van der Waals surface area (Å²) in [5.41, 5.74) is 1.70. The van der Waals surface area contributed by atoms with Crippen LogP contribution >= 0.6 is 11.8 Å². The molecule has 0 saturated carbocycles. The summed E-state index contributed by atoms with van der Waals surface area (Å²) >= 11 is 1.74. The van der Waals surface area contributed by atoms with Crippen LogP contribution in [0, 0.1) is 11.3 Å². The SMILES string of the molecule is CNC(C)(C#N)CCCCSc1nc2ccccc2[nH]1. The fraction of sp³-hybridized carbons (Fsp3) is 0.467. The molecule has 5 heteroatoms. The average Bonchev–Trinajstić information content (AvgIpc) is 2.89. The number of para-hydroxylation sites is 2. The number of hydrogen-bond acceptors (Lipinski definition) is 4. The third kappa shape index (κ3) is 3.75. The minimum Gasteiger partial charge on any atom is -0.333 e. The molecule has 0 saturated heterocycles. The van der Waals surface area contributed by atoms with Gasteiger partial charge in [-0.15, -0.1) is 0 Å². The number of nitriles is 1. The standard InChI is InChI=1S/C15H20N4S/c1-15(11-16,17-2)9-5-6-10-20-14-18-12-7-3-4-8-13(12)19-14/h3-4,7-8,17H,5-6,9-10H2,1-2H3,(H,18,19). The van der Waals surface area contributed by atoms with Crippen molar-refractivity contribution in [2.75, 3.05) is 12.8 Å². The fourth-order valence-electron chi connectivity index (χ4n) is 1.98. The Bertz CT molecular complexity index is 568. The maximum atomic E-state index is 9.07. The Balaban J connectivity index is 1.75. The van der Waals surface area contributed by atoms with Crippen LogP contribution < -0.4 is 5.32 Å². The van der Waals surface area contributed by atoms with Gasteiger partial charge in [0.25, 0.3) is 0 Å². The van der Waals surface area contributed by atoms with E-state index in [0.29, 0.717) is 0 Å². The Labute approximate surface area is 124 Å². The molecule has 20 heavy (non-hydrogen) atoms. The van der Waals surface area contributed by atoms with E-state index in [1.165, 1.54) is 0 Å². The Morgan fingerprint density at radius 3 is 2.90 bits per heavy atom. The van der Waals surface area contributed by atoms with Crippen LogP contribution in [0.2, 0.25) is 0 Å². The van der Waals surface area contributed by atoms with Gasteiger partial charge in [0.2, 0.25) is 0 Å². The fourth-order valence-corrected chi connectivity index (χ4v) is 2.87. The van der Waals surface area contributed by atoms with Crippen LogP contribution in [-0.2, 0) is 0 Å². The number of H-pyrrole nitrogens is 1. The van der Waals surface area contributed by atoms with Crippen molar-refractivity contribution in [2.45, 2.75) is 36.9 Å². The molecule has 2 rings (SSSR count). The second kappa shape index (κ2) is 6.78. The number of unbranched alkanes of at least 4 members (excludes halogenated alkanes) is 1. The Hall–Kier alpha value is -1.51. The molecule has 0 aliphatic carbocycles. The van der Waals surface area contributed by atoms with E-state index in [1.54, 1.807) is 11.8 Å². The number of nitrogens with zero attached hydrogens (tertiary/aromatic N) is 2. The van der Waals surface area contributed by atoms with Crippen LogP contribution in [0.25, 0.3) is 11.0 Å². The Morgan fingerprint density at radius 1 is 1.40 bits per heavy atom. The van der Waals surface area contributed by atoms with E-state index in [0.717, 1.165) is 41.2 Å². The zero-order valence-corrected chi connectivity index (χ0v) is 12.8. The van der Waals surface area contributed by atoms with Crippen molar-refractivity contribution < 1.29 is 0 Å². The predicted molar refractivity (Wildman–Crippen MR) is 83.7 cm³/mol. The molecule has 1 heterocycles. The number of imidazole rings is 1. The number of aromatic nitrogens is 2. The molecule has 2 aromatic rings. The number of benzene rings is 1. The van der Waals surface area contributed by atoms with E-state index >= 15 is 0 Å². The first-order valence-corrected chi connectivity index (χ1v) is 7.83. The predicted octanol–water partition coefficient (Wildman–Crippen LogP) is 3.33. The molecule has 0 aliphatic rings. The van der Waals surface area contributed by atoms with Gasteiger partial charge >= 0.3 is 0 Å². The van der Waals surface area contributed by atoms with Crippen molar-refractivity contribution in [3.05, 3.63) is 24.3 Å². The highest BCUT2D eigenvalue weighted by atomic mass is 32.2. The van der Waals surface area contributed by atoms with E-state index in [4.69, 9.17) is 5.26 Å². The van der Waals surface area contributed by atoms with E-state index < -0.39 is 5.54 Å². The second-order valence-corrected chi connectivity index (χ2v) is 6.14. The van der Waals surface area contributed by atoms with E-state index in [1.807, 2.05) is 38.2 Å². The molecule has 0 fully saturated rings. The van der Waals surface area contributed by atoms with E-state index in [9.17, 15) is 0 Å². The van der Waals surface area contributed by atoms with Crippen LogP contribution in [0.1, 0.15) is 26.2 Å². The minimum atomic E-state index is -0.399. The van der Waals surface area contributed by atoms with Crippen molar-refractivity contribution in [3.63, 3.8) is 0 Å². The van der Waals surface area contributed by atoms with Gasteiger partial charge < -0.3 is 10.3 Å². The lowest BCUT2D eigenvalue weighted by Crippen LogP contribution is -2.37. The number of hydrogen-bond donors (Lipinski definition) is 2. The highest BCUT2D eigenvalue weighted by molar-refractivity contribution is 7.99. The minimum absolute atomic E-state index is 0.399. The molecule has 0 bridgehead atoms. The quantitative estimate of drug-likeness (QED) is 0.606. The van der Waals surface area contributed by atoms with Gasteiger partial charge in [-0.05, 0) is 45.4 Å². The highest BCUT2D eigenvalue weighted by Gasteiger charge is 2.19. The molecular formula is C15H20N4S. The molecule has 0 spiro atoms. The molecule has 106 valence electrons. The summed E-state index contributed by atoms with van der Waals surface area (Å²) in [6, 6.07) is 10.4. The zero-order chi connectivity index (χ0) is 14.4. The van der Waals surface area contributed by atoms with E-state index in [2.05, 4.69) is 21.4 Å². The number of rotatable bonds is 7. The zero-order valence-electron chi connectivity index (χ0n) is 11.9. The van der Waals surface area contributed by atoms with Crippen LogP contribution in [0.4, 0.5) is 0 Å². The molecule has 1 aromatic heterocycles. The lowest BCUT2D eigenvalue weighted by molar-refractivity contribution is 0.439. The lowest BCUT2D eigenvalue weighted by Gasteiger charge is -2.20. The summed E-state index contributed by atoms with van der Waals surface area (Å²) in [4.78, 5) is 7.85. The maximum Gasteiger partial charge on any atom is 0.166 e. The normalized spacial score (nSPS) is 14.1. The first kappa shape index (κ1) is 14.9. The monoisotopic (exact) mass is 288 g/mol. The molecule has 0 aliphatic heterocycles. The third-order valence-electron chi connectivity index (χ3n) is 3.48. The van der Waals surface area contributed by atoms with Gasteiger partial charge in [-0.1, -0.05) is 23.9 Å². The summed E-state index contributed by atoms with van der Waals surface area (Å²) in [6.07, 6.45) is 3.00. The van der Waals surface area contributed by atoms with Gasteiger partial charge in [-0.25, -0.2) is 4.98 Å². The van der Waals surface area contributed by atoms with Crippen molar-refractivity contribution in [2.24, 2.45) is 0 Å². The summed E-state index contributed by atoms with van der Waals surface area (Å²) in [5.74, 6) is 1.02. The molecular weight excluding hydrogens is 268 g/mol. The third-order valence-corrected chi connectivity index (χ3v) is 4.44. The first-order chi connectivity index (χ1) is 9.67. The van der Waals surface area contributed by atoms with Gasteiger partial charge in [0.15, 0.2) is 5.16 Å². The summed E-state index contributed by atoms with van der Waals surface area (Å²) in [6.45, 7) is 1.94. The molecule has 2 N–H and O–H groups in total. The summed E-state index contributed by atoms with van der Waals surface area (Å²) < 4.78 is 0. The molecule has 1 unspecified atom stereocenters. The van der Waals surface area contributed by atoms with Crippen LogP contribution in [-0.4, -0.2) is 28.3 Å². The van der Waals surface area contributed by atoms with Gasteiger partial charge in [0.1, 0.15) is 5.54 Å². The largest absolute Gasteiger partial charge is 0.333 e. The summed E-state index contributed by atoms with van der Waals surface area (Å²) in [7, 11) is 1.84. The summed E-state index contributed by atoms with van der Waals surface area (Å²) in [5, 5.41) is 13.1. The number of aromatic amines is 1. The lowest BCUT2D eigenvalue weighted by atomic mass is 9.97. The number of thioether (sulfide) groups is 1. The molecule has 1 aromatic carbocycles. The molecule has 0 radical (unpaired) electrons. The number of nitrogens with one attached hydrogen (secondary N) is 2. The molecule has 0 amide bonds. The molecule has 4 nitrogen and oxygen atoms in total.